The molecule has 1 aromatic carbocycles. The number of Topliss-reactive ketones (excluding diaryl/α,β-unsaturated/α-hetero) is 1. The van der Waals surface area contributed by atoms with E-state index in [-0.39, 0.29) is 17.7 Å². The standard InChI is InChI=1S/C21H29NO3/c1-15(2)13-19(25-14-16-7-4-3-5-8-16)21(24)22-12-6-9-17-10-11-18(23)20(17)22/h3-5,7-8,15,17,19-20H,6,9-14H2,1-2H3/t17-,19-,20-/m0/s1. The molecule has 3 rings (SSSR count). The summed E-state index contributed by atoms with van der Waals surface area (Å²) in [6.45, 7) is 5.33. The summed E-state index contributed by atoms with van der Waals surface area (Å²) in [6, 6.07) is 9.74. The van der Waals surface area contributed by atoms with Gasteiger partial charge in [-0.25, -0.2) is 0 Å². The summed E-state index contributed by atoms with van der Waals surface area (Å²) in [6.07, 6.45) is 3.85. The van der Waals surface area contributed by atoms with Crippen LogP contribution < -0.4 is 0 Å². The SMILES string of the molecule is CC(C)C[C@H](OCc1ccccc1)C(=O)N1CCC[C@H]2CCC(=O)[C@H]21. The fourth-order valence-electron chi connectivity index (χ4n) is 4.16. The first kappa shape index (κ1) is 18.1. The van der Waals surface area contributed by atoms with E-state index >= 15 is 0 Å². The Morgan fingerprint density at radius 3 is 2.72 bits per heavy atom. The Balaban J connectivity index is 1.70. The van der Waals surface area contributed by atoms with Gasteiger partial charge < -0.3 is 9.64 Å². The molecule has 0 N–H and O–H groups in total. The number of hydrogen-bond donors (Lipinski definition) is 0. The van der Waals surface area contributed by atoms with E-state index in [4.69, 9.17) is 4.74 Å². The Kier molecular flexibility index (Phi) is 5.89. The normalized spacial score (nSPS) is 24.4. The largest absolute Gasteiger partial charge is 0.364 e. The third-order valence-corrected chi connectivity index (χ3v) is 5.39. The fourth-order valence-corrected chi connectivity index (χ4v) is 4.16. The Bertz CT molecular complexity index is 598. The number of rotatable bonds is 6. The predicted octanol–water partition coefficient (Wildman–Crippen LogP) is 3.59. The molecule has 2 aliphatic rings. The lowest BCUT2D eigenvalue weighted by molar-refractivity contribution is -0.153. The monoisotopic (exact) mass is 343 g/mol. The van der Waals surface area contributed by atoms with Gasteiger partial charge in [-0.1, -0.05) is 44.2 Å². The molecule has 0 aromatic heterocycles. The molecule has 0 bridgehead atoms. The maximum Gasteiger partial charge on any atom is 0.252 e. The highest BCUT2D eigenvalue weighted by molar-refractivity contribution is 5.92. The lowest BCUT2D eigenvalue weighted by atomic mass is 9.90. The van der Waals surface area contributed by atoms with Crippen molar-refractivity contribution in [3.05, 3.63) is 35.9 Å². The molecule has 1 aromatic rings. The van der Waals surface area contributed by atoms with Crippen molar-refractivity contribution in [2.45, 2.75) is 64.7 Å². The van der Waals surface area contributed by atoms with Gasteiger partial charge in [-0.2, -0.15) is 0 Å². The molecule has 3 atom stereocenters. The second kappa shape index (κ2) is 8.13. The molecule has 4 nitrogen and oxygen atoms in total. The van der Waals surface area contributed by atoms with Crippen LogP contribution in [0.5, 0.6) is 0 Å². The van der Waals surface area contributed by atoms with Crippen LogP contribution in [0, 0.1) is 11.8 Å². The predicted molar refractivity (Wildman–Crippen MR) is 96.9 cm³/mol. The van der Waals surface area contributed by atoms with Crippen LogP contribution in [-0.4, -0.2) is 35.3 Å². The Morgan fingerprint density at radius 2 is 2.00 bits per heavy atom. The summed E-state index contributed by atoms with van der Waals surface area (Å²) in [7, 11) is 0. The Labute approximate surface area is 150 Å². The maximum atomic E-state index is 13.2. The zero-order valence-electron chi connectivity index (χ0n) is 15.3. The number of fused-ring (bicyclic) bond motifs is 1. The van der Waals surface area contributed by atoms with E-state index in [1.54, 1.807) is 0 Å². The highest BCUT2D eigenvalue weighted by Gasteiger charge is 2.44. The number of nitrogens with zero attached hydrogens (tertiary/aromatic N) is 1. The number of piperidine rings is 1. The lowest BCUT2D eigenvalue weighted by Crippen LogP contribution is -2.53. The number of ketones is 1. The number of hydrogen-bond acceptors (Lipinski definition) is 3. The molecule has 2 fully saturated rings. The Hall–Kier alpha value is -1.68. The van der Waals surface area contributed by atoms with E-state index in [9.17, 15) is 9.59 Å². The summed E-state index contributed by atoms with van der Waals surface area (Å²) in [4.78, 5) is 27.3. The van der Waals surface area contributed by atoms with E-state index in [1.807, 2.05) is 35.2 Å². The highest BCUT2D eigenvalue weighted by Crippen LogP contribution is 2.35. The van der Waals surface area contributed by atoms with Crippen LogP contribution in [0.2, 0.25) is 0 Å². The van der Waals surface area contributed by atoms with Gasteiger partial charge in [0.2, 0.25) is 0 Å². The number of carbonyl (C=O) groups is 2. The molecule has 1 heterocycles. The minimum atomic E-state index is -0.465. The van der Waals surface area contributed by atoms with E-state index in [2.05, 4.69) is 13.8 Å². The minimum Gasteiger partial charge on any atom is -0.364 e. The van der Waals surface area contributed by atoms with Crippen molar-refractivity contribution in [2.24, 2.45) is 11.8 Å². The molecule has 136 valence electrons. The van der Waals surface area contributed by atoms with Crippen LogP contribution in [-0.2, 0) is 20.9 Å². The molecule has 25 heavy (non-hydrogen) atoms. The third-order valence-electron chi connectivity index (χ3n) is 5.39. The quantitative estimate of drug-likeness (QED) is 0.793. The molecule has 4 heteroatoms. The van der Waals surface area contributed by atoms with Gasteiger partial charge in [-0.3, -0.25) is 9.59 Å². The third kappa shape index (κ3) is 4.30. The lowest BCUT2D eigenvalue weighted by Gasteiger charge is -2.38. The van der Waals surface area contributed by atoms with Gasteiger partial charge in [0.25, 0.3) is 5.91 Å². The summed E-state index contributed by atoms with van der Waals surface area (Å²) in [5.74, 6) is 0.975. The summed E-state index contributed by atoms with van der Waals surface area (Å²) < 4.78 is 6.04. The van der Waals surface area contributed by atoms with E-state index in [0.717, 1.165) is 24.8 Å². The zero-order valence-corrected chi connectivity index (χ0v) is 15.3. The van der Waals surface area contributed by atoms with Gasteiger partial charge in [0, 0.05) is 13.0 Å². The fraction of sp³-hybridized carbons (Fsp3) is 0.619. The average Bonchev–Trinajstić information content (AvgIpc) is 3.00. The number of carbonyl (C=O) groups excluding carboxylic acids is 2. The van der Waals surface area contributed by atoms with Crippen LogP contribution in [0.15, 0.2) is 30.3 Å². The summed E-state index contributed by atoms with van der Waals surface area (Å²) >= 11 is 0. The molecule has 0 spiro atoms. The molecule has 1 saturated carbocycles. The number of benzene rings is 1. The van der Waals surface area contributed by atoms with Crippen LogP contribution in [0.1, 0.15) is 51.5 Å². The van der Waals surface area contributed by atoms with Crippen molar-refractivity contribution in [2.75, 3.05) is 6.54 Å². The zero-order chi connectivity index (χ0) is 17.8. The van der Waals surface area contributed by atoms with Gasteiger partial charge in [-0.05, 0) is 43.1 Å². The van der Waals surface area contributed by atoms with Gasteiger partial charge >= 0.3 is 0 Å². The average molecular weight is 343 g/mol. The maximum absolute atomic E-state index is 13.2. The minimum absolute atomic E-state index is 0.00887. The van der Waals surface area contributed by atoms with Crippen molar-refractivity contribution >= 4 is 11.7 Å². The number of ether oxygens (including phenoxy) is 1. The van der Waals surface area contributed by atoms with Crippen molar-refractivity contribution < 1.29 is 14.3 Å². The first-order valence-corrected chi connectivity index (χ1v) is 9.55. The number of likely N-dealkylation sites (tertiary alicyclic amines) is 1. The smallest absolute Gasteiger partial charge is 0.252 e. The van der Waals surface area contributed by atoms with Crippen LogP contribution >= 0.6 is 0 Å². The van der Waals surface area contributed by atoms with Gasteiger partial charge in [-0.15, -0.1) is 0 Å². The van der Waals surface area contributed by atoms with E-state index in [0.29, 0.717) is 37.8 Å². The second-order valence-corrected chi connectivity index (χ2v) is 7.80. The molecule has 1 aliphatic carbocycles. The molecular formula is C21H29NO3. The van der Waals surface area contributed by atoms with E-state index < -0.39 is 6.10 Å². The van der Waals surface area contributed by atoms with Gasteiger partial charge in [0.1, 0.15) is 6.10 Å². The molecule has 1 aliphatic heterocycles. The molecular weight excluding hydrogens is 314 g/mol. The van der Waals surface area contributed by atoms with Gasteiger partial charge in [0.15, 0.2) is 5.78 Å². The van der Waals surface area contributed by atoms with Crippen LogP contribution in [0.3, 0.4) is 0 Å². The Morgan fingerprint density at radius 1 is 1.24 bits per heavy atom. The van der Waals surface area contributed by atoms with Crippen molar-refractivity contribution in [3.8, 4) is 0 Å². The molecule has 0 unspecified atom stereocenters. The van der Waals surface area contributed by atoms with Crippen molar-refractivity contribution in [3.63, 3.8) is 0 Å². The molecule has 1 saturated heterocycles. The first-order chi connectivity index (χ1) is 12.1. The topological polar surface area (TPSA) is 46.6 Å². The van der Waals surface area contributed by atoms with Crippen LogP contribution in [0.4, 0.5) is 0 Å². The molecule has 1 amide bonds. The highest BCUT2D eigenvalue weighted by atomic mass is 16.5. The first-order valence-electron chi connectivity index (χ1n) is 9.55. The molecule has 0 radical (unpaired) electrons. The van der Waals surface area contributed by atoms with E-state index in [1.165, 1.54) is 0 Å². The number of amides is 1. The van der Waals surface area contributed by atoms with Crippen molar-refractivity contribution in [1.82, 2.24) is 4.90 Å². The summed E-state index contributed by atoms with van der Waals surface area (Å²) in [5.41, 5.74) is 1.07. The van der Waals surface area contributed by atoms with Crippen molar-refractivity contribution in [1.29, 1.82) is 0 Å². The second-order valence-electron chi connectivity index (χ2n) is 7.80. The van der Waals surface area contributed by atoms with Crippen LogP contribution in [0.25, 0.3) is 0 Å². The van der Waals surface area contributed by atoms with Gasteiger partial charge in [0.05, 0.1) is 12.6 Å². The summed E-state index contributed by atoms with van der Waals surface area (Å²) in [5, 5.41) is 0.